The molecule has 0 aliphatic heterocycles. The van der Waals surface area contributed by atoms with Gasteiger partial charge in [0, 0.05) is 18.7 Å². The molecule has 0 spiro atoms. The largest absolute Gasteiger partial charge is 0.496 e. The summed E-state index contributed by atoms with van der Waals surface area (Å²) in [6.07, 6.45) is 0. The third-order valence-electron chi connectivity index (χ3n) is 3.39. The molecule has 1 heterocycles. The Labute approximate surface area is 128 Å². The Morgan fingerprint density at radius 3 is 2.68 bits per heavy atom. The van der Waals surface area contributed by atoms with Crippen LogP contribution in [0, 0.1) is 6.92 Å². The third-order valence-corrected chi connectivity index (χ3v) is 3.39. The molecule has 2 aromatic rings. The van der Waals surface area contributed by atoms with Gasteiger partial charge in [0.1, 0.15) is 11.4 Å². The molecule has 1 amide bonds. The average Bonchev–Trinajstić information content (AvgIpc) is 2.49. The molecule has 2 rings (SSSR count). The van der Waals surface area contributed by atoms with E-state index in [4.69, 9.17) is 4.74 Å². The van der Waals surface area contributed by atoms with Crippen molar-refractivity contribution in [2.75, 3.05) is 7.11 Å². The van der Waals surface area contributed by atoms with Gasteiger partial charge < -0.3 is 10.1 Å². The molecule has 6 nitrogen and oxygen atoms in total. The van der Waals surface area contributed by atoms with Crippen LogP contribution in [0.15, 0.2) is 35.1 Å². The number of benzene rings is 1. The van der Waals surface area contributed by atoms with Gasteiger partial charge in [-0.05, 0) is 26.0 Å². The quantitative estimate of drug-likeness (QED) is 0.930. The van der Waals surface area contributed by atoms with Crippen LogP contribution in [0.5, 0.6) is 5.75 Å². The summed E-state index contributed by atoms with van der Waals surface area (Å²) in [5.74, 6) is 0.374. The van der Waals surface area contributed by atoms with Crippen molar-refractivity contribution in [1.29, 1.82) is 0 Å². The van der Waals surface area contributed by atoms with E-state index >= 15 is 0 Å². The van der Waals surface area contributed by atoms with Crippen molar-refractivity contribution in [2.24, 2.45) is 7.05 Å². The monoisotopic (exact) mass is 301 g/mol. The van der Waals surface area contributed by atoms with E-state index in [1.54, 1.807) is 7.11 Å². The first kappa shape index (κ1) is 15.8. The normalized spacial score (nSPS) is 11.8. The molecule has 0 saturated carbocycles. The first-order chi connectivity index (χ1) is 10.4. The van der Waals surface area contributed by atoms with Gasteiger partial charge in [-0.2, -0.15) is 5.10 Å². The van der Waals surface area contributed by atoms with E-state index in [9.17, 15) is 9.59 Å². The van der Waals surface area contributed by atoms with Crippen LogP contribution in [-0.4, -0.2) is 22.8 Å². The number of ether oxygens (including phenoxy) is 1. The molecule has 22 heavy (non-hydrogen) atoms. The fraction of sp³-hybridized carbons (Fsp3) is 0.312. The highest BCUT2D eigenvalue weighted by Crippen LogP contribution is 2.26. The second kappa shape index (κ2) is 6.43. The van der Waals surface area contributed by atoms with Gasteiger partial charge in [0.05, 0.1) is 13.2 Å². The van der Waals surface area contributed by atoms with Crippen LogP contribution in [0.2, 0.25) is 0 Å². The van der Waals surface area contributed by atoms with E-state index in [1.165, 1.54) is 19.2 Å². The zero-order valence-corrected chi connectivity index (χ0v) is 13.1. The Bertz CT molecular complexity index is 753. The van der Waals surface area contributed by atoms with Gasteiger partial charge in [0.25, 0.3) is 11.5 Å². The first-order valence-corrected chi connectivity index (χ1v) is 6.92. The Morgan fingerprint density at radius 2 is 2.05 bits per heavy atom. The van der Waals surface area contributed by atoms with Crippen LogP contribution in [0.4, 0.5) is 0 Å². The van der Waals surface area contributed by atoms with E-state index in [2.05, 4.69) is 10.4 Å². The maximum Gasteiger partial charge on any atom is 0.272 e. The molecule has 116 valence electrons. The van der Waals surface area contributed by atoms with Gasteiger partial charge >= 0.3 is 0 Å². The highest BCUT2D eigenvalue weighted by molar-refractivity contribution is 5.92. The van der Waals surface area contributed by atoms with E-state index in [0.29, 0.717) is 5.75 Å². The Morgan fingerprint density at radius 1 is 1.32 bits per heavy atom. The van der Waals surface area contributed by atoms with Crippen LogP contribution in [0.1, 0.15) is 34.6 Å². The summed E-state index contributed by atoms with van der Waals surface area (Å²) in [6.45, 7) is 3.85. The second-order valence-corrected chi connectivity index (χ2v) is 5.12. The van der Waals surface area contributed by atoms with Crippen LogP contribution < -0.4 is 15.6 Å². The molecule has 1 atom stereocenters. The average molecular weight is 301 g/mol. The lowest BCUT2D eigenvalue weighted by Gasteiger charge is -2.17. The molecule has 0 radical (unpaired) electrons. The predicted octanol–water partition coefficient (Wildman–Crippen LogP) is 1.59. The smallest absolute Gasteiger partial charge is 0.272 e. The lowest BCUT2D eigenvalue weighted by Crippen LogP contribution is -2.30. The summed E-state index contributed by atoms with van der Waals surface area (Å²) in [5, 5.41) is 6.80. The molecular formula is C16H19N3O3. The van der Waals surface area contributed by atoms with Crippen LogP contribution >= 0.6 is 0 Å². The topological polar surface area (TPSA) is 73.2 Å². The molecule has 0 saturated heterocycles. The Kier molecular flexibility index (Phi) is 4.60. The van der Waals surface area contributed by atoms with E-state index < -0.39 is 0 Å². The van der Waals surface area contributed by atoms with Crippen molar-refractivity contribution in [1.82, 2.24) is 15.1 Å². The van der Waals surface area contributed by atoms with Gasteiger partial charge in [0.15, 0.2) is 0 Å². The van der Waals surface area contributed by atoms with E-state index in [0.717, 1.165) is 15.8 Å². The molecule has 1 unspecified atom stereocenters. The number of rotatable bonds is 4. The van der Waals surface area contributed by atoms with Crippen molar-refractivity contribution in [3.8, 4) is 5.75 Å². The van der Waals surface area contributed by atoms with E-state index in [-0.39, 0.29) is 23.2 Å². The number of aryl methyl sites for hydroxylation is 2. The van der Waals surface area contributed by atoms with Gasteiger partial charge in [-0.25, -0.2) is 4.68 Å². The number of methoxy groups -OCH3 is 1. The first-order valence-electron chi connectivity index (χ1n) is 6.92. The number of nitrogens with one attached hydrogen (secondary N) is 1. The van der Waals surface area contributed by atoms with Crippen molar-refractivity contribution in [3.63, 3.8) is 0 Å². The zero-order chi connectivity index (χ0) is 16.3. The summed E-state index contributed by atoms with van der Waals surface area (Å²) >= 11 is 0. The number of amides is 1. The van der Waals surface area contributed by atoms with Gasteiger partial charge in [-0.15, -0.1) is 0 Å². The molecular weight excluding hydrogens is 282 g/mol. The van der Waals surface area contributed by atoms with Crippen LogP contribution in [0.25, 0.3) is 0 Å². The summed E-state index contributed by atoms with van der Waals surface area (Å²) in [5.41, 5.74) is 1.91. The molecule has 1 N–H and O–H groups in total. The summed E-state index contributed by atoms with van der Waals surface area (Å²) in [7, 11) is 3.10. The maximum absolute atomic E-state index is 12.2. The lowest BCUT2D eigenvalue weighted by molar-refractivity contribution is 0.0932. The standard InChI is InChI=1S/C16H19N3O3/c1-10-5-7-14(22-4)12(9-10)11(2)17-16(21)13-6-8-15(20)19(3)18-13/h5-9,11H,1-4H3,(H,17,21). The SMILES string of the molecule is COc1ccc(C)cc1C(C)NC(=O)c1ccc(=O)n(C)n1. The molecule has 0 aliphatic rings. The minimum atomic E-state index is -0.341. The number of hydrogen-bond acceptors (Lipinski definition) is 4. The highest BCUT2D eigenvalue weighted by Gasteiger charge is 2.16. The highest BCUT2D eigenvalue weighted by atomic mass is 16.5. The summed E-state index contributed by atoms with van der Waals surface area (Å²) in [4.78, 5) is 23.6. The maximum atomic E-state index is 12.2. The molecule has 1 aromatic carbocycles. The van der Waals surface area contributed by atoms with Gasteiger partial charge in [0.2, 0.25) is 0 Å². The second-order valence-electron chi connectivity index (χ2n) is 5.12. The summed E-state index contributed by atoms with van der Waals surface area (Å²) in [6, 6.07) is 8.28. The zero-order valence-electron chi connectivity index (χ0n) is 13.1. The molecule has 1 aromatic heterocycles. The van der Waals surface area contributed by atoms with Crippen molar-refractivity contribution >= 4 is 5.91 Å². The minimum Gasteiger partial charge on any atom is -0.496 e. The minimum absolute atomic E-state index is 0.195. The number of hydrogen-bond donors (Lipinski definition) is 1. The number of aromatic nitrogens is 2. The molecule has 0 bridgehead atoms. The lowest BCUT2D eigenvalue weighted by atomic mass is 10.0. The molecule has 6 heteroatoms. The van der Waals surface area contributed by atoms with Crippen LogP contribution in [-0.2, 0) is 7.05 Å². The predicted molar refractivity (Wildman–Crippen MR) is 83.1 cm³/mol. The Balaban J connectivity index is 2.22. The number of nitrogens with zero attached hydrogens (tertiary/aromatic N) is 2. The number of carbonyl (C=O) groups excluding carboxylic acids is 1. The number of carbonyl (C=O) groups is 1. The molecule has 0 fully saturated rings. The van der Waals surface area contributed by atoms with Crippen LogP contribution in [0.3, 0.4) is 0 Å². The van der Waals surface area contributed by atoms with Gasteiger partial charge in [-0.1, -0.05) is 17.7 Å². The van der Waals surface area contributed by atoms with Crippen molar-refractivity contribution < 1.29 is 9.53 Å². The van der Waals surface area contributed by atoms with Gasteiger partial charge in [-0.3, -0.25) is 9.59 Å². The van der Waals surface area contributed by atoms with Crippen molar-refractivity contribution in [3.05, 3.63) is 57.5 Å². The molecule has 0 aliphatic carbocycles. The fourth-order valence-electron chi connectivity index (χ4n) is 2.16. The fourth-order valence-corrected chi connectivity index (χ4v) is 2.16. The van der Waals surface area contributed by atoms with Crippen molar-refractivity contribution in [2.45, 2.75) is 19.9 Å². The van der Waals surface area contributed by atoms with E-state index in [1.807, 2.05) is 32.0 Å². The summed E-state index contributed by atoms with van der Waals surface area (Å²) < 4.78 is 6.46. The third kappa shape index (κ3) is 3.33. The Hall–Kier alpha value is -2.63.